The summed E-state index contributed by atoms with van der Waals surface area (Å²) in [6, 6.07) is 17.8. The number of aryl methyl sites for hydroxylation is 1. The first-order valence-corrected chi connectivity index (χ1v) is 12.6. The molecule has 0 radical (unpaired) electrons. The first-order chi connectivity index (χ1) is 17.8. The lowest BCUT2D eigenvalue weighted by molar-refractivity contribution is -0.123. The van der Waals surface area contributed by atoms with E-state index in [4.69, 9.17) is 14.2 Å². The van der Waals surface area contributed by atoms with Gasteiger partial charge in [-0.3, -0.25) is 9.59 Å². The fraction of sp³-hybridized carbons (Fsp3) is 0.250. The molecule has 1 heterocycles. The van der Waals surface area contributed by atoms with Gasteiger partial charge in [-0.15, -0.1) is 0 Å². The molecule has 1 atom stereocenters. The molecule has 2 amide bonds. The molecule has 37 heavy (non-hydrogen) atoms. The maximum absolute atomic E-state index is 12.8. The number of carbonyl (C=O) groups is 2. The molecule has 2 N–H and O–H groups in total. The van der Waals surface area contributed by atoms with Gasteiger partial charge in [0.2, 0.25) is 6.79 Å². The van der Waals surface area contributed by atoms with E-state index in [1.165, 1.54) is 11.8 Å². The fourth-order valence-corrected chi connectivity index (χ4v) is 4.11. The number of hydrogen-bond donors (Lipinski definition) is 2. The Morgan fingerprint density at radius 2 is 1.81 bits per heavy atom. The Kier molecular flexibility index (Phi) is 8.45. The Morgan fingerprint density at radius 3 is 2.54 bits per heavy atom. The molecule has 0 aliphatic carbocycles. The van der Waals surface area contributed by atoms with Crippen LogP contribution in [0.1, 0.15) is 40.9 Å². The van der Waals surface area contributed by atoms with E-state index >= 15 is 0 Å². The van der Waals surface area contributed by atoms with E-state index in [9.17, 15) is 9.59 Å². The van der Waals surface area contributed by atoms with Gasteiger partial charge in [-0.05, 0) is 76.3 Å². The van der Waals surface area contributed by atoms with E-state index < -0.39 is 11.9 Å². The SMILES string of the molecule is Cc1ccc(COc2ccc(C=NNC(=O)C(NC(=O)c3ccc4c(c3)OCO4)C(C)C)cc2Br)cc1. The van der Waals surface area contributed by atoms with Crippen LogP contribution in [0.4, 0.5) is 0 Å². The number of fused-ring (bicyclic) bond motifs is 1. The number of ether oxygens (including phenoxy) is 3. The molecule has 9 heteroatoms. The quantitative estimate of drug-likeness (QED) is 0.282. The third-order valence-electron chi connectivity index (χ3n) is 5.73. The van der Waals surface area contributed by atoms with Crippen molar-refractivity contribution in [3.8, 4) is 17.2 Å². The molecule has 0 bridgehead atoms. The van der Waals surface area contributed by atoms with E-state index in [-0.39, 0.29) is 18.6 Å². The summed E-state index contributed by atoms with van der Waals surface area (Å²) in [5.41, 5.74) is 5.94. The zero-order valence-corrected chi connectivity index (χ0v) is 22.4. The first-order valence-electron chi connectivity index (χ1n) is 11.8. The Hall–Kier alpha value is -3.85. The maximum Gasteiger partial charge on any atom is 0.262 e. The molecule has 0 fully saturated rings. The average Bonchev–Trinajstić information content (AvgIpc) is 3.35. The van der Waals surface area contributed by atoms with Crippen molar-refractivity contribution < 1.29 is 23.8 Å². The van der Waals surface area contributed by atoms with Crippen LogP contribution >= 0.6 is 15.9 Å². The molecule has 8 nitrogen and oxygen atoms in total. The number of carbonyl (C=O) groups excluding carboxylic acids is 2. The monoisotopic (exact) mass is 565 g/mol. The molecular weight excluding hydrogens is 538 g/mol. The molecule has 3 aromatic rings. The second kappa shape index (κ2) is 11.9. The molecule has 3 aromatic carbocycles. The van der Waals surface area contributed by atoms with Crippen molar-refractivity contribution in [1.82, 2.24) is 10.7 Å². The van der Waals surface area contributed by atoms with Crippen molar-refractivity contribution in [2.45, 2.75) is 33.4 Å². The largest absolute Gasteiger partial charge is 0.488 e. The highest BCUT2D eigenvalue weighted by Crippen LogP contribution is 2.32. The Bertz CT molecular complexity index is 1310. The summed E-state index contributed by atoms with van der Waals surface area (Å²) >= 11 is 3.53. The second-order valence-corrected chi connectivity index (χ2v) is 9.82. The zero-order valence-electron chi connectivity index (χ0n) is 20.8. The number of hydrogen-bond acceptors (Lipinski definition) is 6. The van der Waals surface area contributed by atoms with Gasteiger partial charge in [0.15, 0.2) is 11.5 Å². The highest BCUT2D eigenvalue weighted by atomic mass is 79.9. The minimum absolute atomic E-state index is 0.120. The van der Waals surface area contributed by atoms with Gasteiger partial charge in [-0.1, -0.05) is 43.7 Å². The van der Waals surface area contributed by atoms with Gasteiger partial charge in [0.05, 0.1) is 10.7 Å². The van der Waals surface area contributed by atoms with E-state index in [2.05, 4.69) is 31.8 Å². The van der Waals surface area contributed by atoms with Crippen LogP contribution in [0.25, 0.3) is 0 Å². The number of rotatable bonds is 9. The average molecular weight is 566 g/mol. The van der Waals surface area contributed by atoms with Crippen LogP contribution in [0.3, 0.4) is 0 Å². The molecule has 192 valence electrons. The van der Waals surface area contributed by atoms with Gasteiger partial charge in [0.25, 0.3) is 11.8 Å². The van der Waals surface area contributed by atoms with Gasteiger partial charge in [-0.25, -0.2) is 5.43 Å². The fourth-order valence-electron chi connectivity index (χ4n) is 3.60. The highest BCUT2D eigenvalue weighted by molar-refractivity contribution is 9.10. The normalized spacial score (nSPS) is 13.0. The van der Waals surface area contributed by atoms with Crippen LogP contribution in [0, 0.1) is 12.8 Å². The third-order valence-corrected chi connectivity index (χ3v) is 6.35. The summed E-state index contributed by atoms with van der Waals surface area (Å²) in [5.74, 6) is 0.820. The van der Waals surface area contributed by atoms with E-state index in [0.717, 1.165) is 15.6 Å². The Morgan fingerprint density at radius 1 is 1.05 bits per heavy atom. The smallest absolute Gasteiger partial charge is 0.262 e. The Labute approximate surface area is 224 Å². The summed E-state index contributed by atoms with van der Waals surface area (Å²) in [4.78, 5) is 25.5. The molecule has 1 aliphatic heterocycles. The molecule has 0 spiro atoms. The van der Waals surface area contributed by atoms with E-state index in [1.54, 1.807) is 18.2 Å². The minimum Gasteiger partial charge on any atom is -0.488 e. The standard InChI is InChI=1S/C28H28BrN3O5/c1-17(2)26(31-27(33)21-9-11-24-25(13-21)37-16-36-24)28(34)32-30-14-20-8-10-23(22(29)12-20)35-15-19-6-4-18(3)5-7-19/h4-14,17,26H,15-16H2,1-3H3,(H,31,33)(H,32,34). The van der Waals surface area contributed by atoms with Crippen LogP contribution in [-0.2, 0) is 11.4 Å². The number of benzene rings is 3. The molecule has 0 saturated heterocycles. The van der Waals surface area contributed by atoms with Gasteiger partial charge in [0.1, 0.15) is 18.4 Å². The second-order valence-electron chi connectivity index (χ2n) is 8.96. The molecular formula is C28H28BrN3O5. The number of nitrogens with zero attached hydrogens (tertiary/aromatic N) is 1. The molecule has 4 rings (SSSR count). The number of hydrazone groups is 1. The molecule has 0 saturated carbocycles. The van der Waals surface area contributed by atoms with Crippen molar-refractivity contribution in [3.63, 3.8) is 0 Å². The van der Waals surface area contributed by atoms with Crippen molar-refractivity contribution in [1.29, 1.82) is 0 Å². The van der Waals surface area contributed by atoms with E-state index in [1.807, 2.05) is 63.2 Å². The molecule has 1 unspecified atom stereocenters. The summed E-state index contributed by atoms with van der Waals surface area (Å²) in [6.07, 6.45) is 1.53. The minimum atomic E-state index is -0.778. The number of nitrogens with one attached hydrogen (secondary N) is 2. The molecule has 0 aromatic heterocycles. The lowest BCUT2D eigenvalue weighted by atomic mass is 10.0. The van der Waals surface area contributed by atoms with Crippen molar-refractivity contribution >= 4 is 34.0 Å². The number of amides is 2. The van der Waals surface area contributed by atoms with Gasteiger partial charge in [-0.2, -0.15) is 5.10 Å². The van der Waals surface area contributed by atoms with Crippen molar-refractivity contribution in [2.24, 2.45) is 11.0 Å². The Balaban J connectivity index is 1.32. The van der Waals surface area contributed by atoms with Crippen molar-refractivity contribution in [2.75, 3.05) is 6.79 Å². The lowest BCUT2D eigenvalue weighted by Crippen LogP contribution is -2.48. The summed E-state index contributed by atoms with van der Waals surface area (Å²) in [6.45, 7) is 6.32. The highest BCUT2D eigenvalue weighted by Gasteiger charge is 2.25. The lowest BCUT2D eigenvalue weighted by Gasteiger charge is -2.20. The summed E-state index contributed by atoms with van der Waals surface area (Å²) in [5, 5.41) is 6.84. The van der Waals surface area contributed by atoms with Gasteiger partial charge < -0.3 is 19.5 Å². The van der Waals surface area contributed by atoms with Crippen LogP contribution in [0.15, 0.2) is 70.2 Å². The van der Waals surface area contributed by atoms with Crippen LogP contribution in [0.2, 0.25) is 0 Å². The summed E-state index contributed by atoms with van der Waals surface area (Å²) in [7, 11) is 0. The predicted molar refractivity (Wildman–Crippen MR) is 144 cm³/mol. The predicted octanol–water partition coefficient (Wildman–Crippen LogP) is 4.97. The first kappa shape index (κ1) is 26.2. The van der Waals surface area contributed by atoms with Crippen molar-refractivity contribution in [3.05, 3.63) is 87.4 Å². The summed E-state index contributed by atoms with van der Waals surface area (Å²) < 4.78 is 17.3. The topological polar surface area (TPSA) is 98.2 Å². The molecule has 1 aliphatic rings. The van der Waals surface area contributed by atoms with Crippen LogP contribution in [-0.4, -0.2) is 30.9 Å². The van der Waals surface area contributed by atoms with Gasteiger partial charge >= 0.3 is 0 Å². The van der Waals surface area contributed by atoms with Gasteiger partial charge in [0, 0.05) is 5.56 Å². The third kappa shape index (κ3) is 6.89. The van der Waals surface area contributed by atoms with Crippen LogP contribution < -0.4 is 25.0 Å². The zero-order chi connectivity index (χ0) is 26.4. The number of halogens is 1. The van der Waals surface area contributed by atoms with E-state index in [0.29, 0.717) is 29.4 Å². The van der Waals surface area contributed by atoms with Crippen LogP contribution in [0.5, 0.6) is 17.2 Å². The maximum atomic E-state index is 12.8.